The van der Waals surface area contributed by atoms with Crippen molar-refractivity contribution in [1.29, 1.82) is 0 Å². The zero-order valence-electron chi connectivity index (χ0n) is 13.1. The second-order valence-corrected chi connectivity index (χ2v) is 8.91. The van der Waals surface area contributed by atoms with Gasteiger partial charge in [0.15, 0.2) is 0 Å². The lowest BCUT2D eigenvalue weighted by Gasteiger charge is -2.26. The van der Waals surface area contributed by atoms with Crippen molar-refractivity contribution < 1.29 is 13.2 Å². The molecule has 120 valence electrons. The molecule has 0 unspecified atom stereocenters. The molecule has 2 aromatic carbocycles. The SMILES string of the molecule is CC(=O)[C@H]1c2ccccc2Sc2ccc(S(=O)(=O)N(C)C)cc21. The topological polar surface area (TPSA) is 54.5 Å². The fourth-order valence-corrected chi connectivity index (χ4v) is 4.81. The minimum absolute atomic E-state index is 0.0124. The van der Waals surface area contributed by atoms with Gasteiger partial charge in [-0.15, -0.1) is 0 Å². The van der Waals surface area contributed by atoms with E-state index in [4.69, 9.17) is 0 Å². The van der Waals surface area contributed by atoms with E-state index in [0.717, 1.165) is 20.9 Å². The van der Waals surface area contributed by atoms with Crippen molar-refractivity contribution in [2.75, 3.05) is 14.1 Å². The average Bonchev–Trinajstić information content (AvgIpc) is 2.51. The first kappa shape index (κ1) is 16.2. The van der Waals surface area contributed by atoms with E-state index < -0.39 is 15.9 Å². The Morgan fingerprint density at radius 3 is 2.35 bits per heavy atom. The maximum absolute atomic E-state index is 12.4. The molecule has 0 fully saturated rings. The molecule has 23 heavy (non-hydrogen) atoms. The maximum atomic E-state index is 12.4. The van der Waals surface area contributed by atoms with Crippen LogP contribution in [0.1, 0.15) is 24.0 Å². The van der Waals surface area contributed by atoms with Crippen molar-refractivity contribution in [2.45, 2.75) is 27.5 Å². The molecule has 1 atom stereocenters. The normalized spacial score (nSPS) is 16.8. The van der Waals surface area contributed by atoms with Crippen LogP contribution >= 0.6 is 11.8 Å². The summed E-state index contributed by atoms with van der Waals surface area (Å²) >= 11 is 1.57. The molecule has 0 saturated heterocycles. The van der Waals surface area contributed by atoms with Gasteiger partial charge in [-0.3, -0.25) is 4.79 Å². The number of benzene rings is 2. The zero-order chi connectivity index (χ0) is 16.8. The predicted octanol–water partition coefficient (Wildman–Crippen LogP) is 3.12. The fraction of sp³-hybridized carbons (Fsp3) is 0.235. The molecule has 1 heterocycles. The zero-order valence-corrected chi connectivity index (χ0v) is 14.7. The highest BCUT2D eigenvalue weighted by molar-refractivity contribution is 7.99. The summed E-state index contributed by atoms with van der Waals surface area (Å²) in [7, 11) is -0.522. The highest BCUT2D eigenvalue weighted by atomic mass is 32.2. The maximum Gasteiger partial charge on any atom is 0.242 e. The molecule has 0 saturated carbocycles. The van der Waals surface area contributed by atoms with Gasteiger partial charge in [-0.2, -0.15) is 0 Å². The van der Waals surface area contributed by atoms with E-state index in [2.05, 4.69) is 0 Å². The fourth-order valence-electron chi connectivity index (χ4n) is 2.75. The van der Waals surface area contributed by atoms with Crippen LogP contribution in [0.4, 0.5) is 0 Å². The van der Waals surface area contributed by atoms with Gasteiger partial charge in [-0.1, -0.05) is 30.0 Å². The van der Waals surface area contributed by atoms with Crippen molar-refractivity contribution in [3.63, 3.8) is 0 Å². The number of hydrogen-bond acceptors (Lipinski definition) is 4. The first-order valence-electron chi connectivity index (χ1n) is 7.16. The Kier molecular flexibility index (Phi) is 4.08. The van der Waals surface area contributed by atoms with Gasteiger partial charge in [0.25, 0.3) is 0 Å². The van der Waals surface area contributed by atoms with E-state index in [0.29, 0.717) is 0 Å². The second kappa shape index (κ2) is 5.78. The lowest BCUT2D eigenvalue weighted by molar-refractivity contribution is -0.117. The number of carbonyl (C=O) groups is 1. The third kappa shape index (κ3) is 2.71. The number of rotatable bonds is 3. The smallest absolute Gasteiger partial charge is 0.242 e. The van der Waals surface area contributed by atoms with Crippen LogP contribution in [-0.4, -0.2) is 32.6 Å². The minimum Gasteiger partial charge on any atom is -0.299 e. The summed E-state index contributed by atoms with van der Waals surface area (Å²) in [5.41, 5.74) is 1.71. The molecule has 1 aliphatic rings. The van der Waals surface area contributed by atoms with Gasteiger partial charge in [0.1, 0.15) is 5.78 Å². The summed E-state index contributed by atoms with van der Waals surface area (Å²) in [6, 6.07) is 12.8. The third-order valence-corrected chi connectivity index (χ3v) is 6.92. The highest BCUT2D eigenvalue weighted by Gasteiger charge is 2.31. The van der Waals surface area contributed by atoms with Crippen LogP contribution in [0.25, 0.3) is 0 Å². The summed E-state index contributed by atoms with van der Waals surface area (Å²) < 4.78 is 25.9. The number of ketones is 1. The van der Waals surface area contributed by atoms with Crippen LogP contribution in [0.15, 0.2) is 57.2 Å². The van der Waals surface area contributed by atoms with Crippen LogP contribution in [0.3, 0.4) is 0 Å². The number of sulfonamides is 1. The minimum atomic E-state index is -3.52. The molecular formula is C17H17NO3S2. The van der Waals surface area contributed by atoms with Crippen LogP contribution in [0.5, 0.6) is 0 Å². The van der Waals surface area contributed by atoms with Crippen LogP contribution in [-0.2, 0) is 14.8 Å². The molecule has 4 nitrogen and oxygen atoms in total. The molecule has 0 bridgehead atoms. The van der Waals surface area contributed by atoms with Crippen molar-refractivity contribution >= 4 is 27.6 Å². The summed E-state index contributed by atoms with van der Waals surface area (Å²) in [6.45, 7) is 1.55. The van der Waals surface area contributed by atoms with Gasteiger partial charge in [0.2, 0.25) is 10.0 Å². The van der Waals surface area contributed by atoms with Gasteiger partial charge >= 0.3 is 0 Å². The second-order valence-electron chi connectivity index (χ2n) is 5.67. The highest BCUT2D eigenvalue weighted by Crippen LogP contribution is 2.46. The first-order valence-corrected chi connectivity index (χ1v) is 9.41. The van der Waals surface area contributed by atoms with Crippen molar-refractivity contribution in [1.82, 2.24) is 4.31 Å². The number of carbonyl (C=O) groups excluding carboxylic acids is 1. The van der Waals surface area contributed by atoms with Crippen molar-refractivity contribution in [3.8, 4) is 0 Å². The van der Waals surface area contributed by atoms with E-state index in [1.165, 1.54) is 18.4 Å². The molecule has 0 radical (unpaired) electrons. The molecule has 0 amide bonds. The molecule has 0 spiro atoms. The molecular weight excluding hydrogens is 330 g/mol. The Labute approximate surface area is 140 Å². The quantitative estimate of drug-likeness (QED) is 0.856. The van der Waals surface area contributed by atoms with Crippen LogP contribution in [0.2, 0.25) is 0 Å². The average molecular weight is 347 g/mol. The molecule has 3 rings (SSSR count). The number of nitrogens with zero attached hydrogens (tertiary/aromatic N) is 1. The number of hydrogen-bond donors (Lipinski definition) is 0. The molecule has 0 N–H and O–H groups in total. The van der Waals surface area contributed by atoms with Crippen molar-refractivity contribution in [3.05, 3.63) is 53.6 Å². The van der Waals surface area contributed by atoms with Gasteiger partial charge in [0.05, 0.1) is 10.8 Å². The van der Waals surface area contributed by atoms with E-state index in [1.54, 1.807) is 36.9 Å². The van der Waals surface area contributed by atoms with E-state index in [1.807, 2.05) is 24.3 Å². The largest absolute Gasteiger partial charge is 0.299 e. The molecule has 1 aliphatic heterocycles. The molecule has 2 aromatic rings. The summed E-state index contributed by atoms with van der Waals surface area (Å²) in [4.78, 5) is 14.4. The van der Waals surface area contributed by atoms with Gasteiger partial charge < -0.3 is 0 Å². The number of Topliss-reactive ketones (excluding diaryl/α,β-unsaturated/α-hetero) is 1. The van der Waals surface area contributed by atoms with E-state index >= 15 is 0 Å². The Bertz CT molecular complexity index is 888. The first-order chi connectivity index (χ1) is 10.8. The van der Waals surface area contributed by atoms with Gasteiger partial charge in [-0.25, -0.2) is 12.7 Å². The Balaban J connectivity index is 2.20. The summed E-state index contributed by atoms with van der Waals surface area (Å²) in [5, 5.41) is 0. The molecule has 6 heteroatoms. The Morgan fingerprint density at radius 2 is 1.70 bits per heavy atom. The summed E-state index contributed by atoms with van der Waals surface area (Å²) in [5.74, 6) is -0.404. The Hall–Kier alpha value is -1.63. The third-order valence-electron chi connectivity index (χ3n) is 3.93. The lowest BCUT2D eigenvalue weighted by atomic mass is 9.88. The predicted molar refractivity (Wildman–Crippen MR) is 90.4 cm³/mol. The van der Waals surface area contributed by atoms with Crippen molar-refractivity contribution in [2.24, 2.45) is 0 Å². The molecule has 0 aromatic heterocycles. The van der Waals surface area contributed by atoms with E-state index in [-0.39, 0.29) is 10.7 Å². The number of fused-ring (bicyclic) bond motifs is 2. The Morgan fingerprint density at radius 1 is 1.04 bits per heavy atom. The van der Waals surface area contributed by atoms with Crippen LogP contribution in [0, 0.1) is 0 Å². The monoisotopic (exact) mass is 347 g/mol. The lowest BCUT2D eigenvalue weighted by Crippen LogP contribution is -2.23. The van der Waals surface area contributed by atoms with E-state index in [9.17, 15) is 13.2 Å². The van der Waals surface area contributed by atoms with Gasteiger partial charge in [0, 0.05) is 23.9 Å². The molecule has 0 aliphatic carbocycles. The van der Waals surface area contributed by atoms with Crippen LogP contribution < -0.4 is 0 Å². The van der Waals surface area contributed by atoms with Gasteiger partial charge in [-0.05, 0) is 42.3 Å². The standard InChI is InChI=1S/C17H17NO3S2/c1-11(19)17-13-6-4-5-7-15(13)22-16-9-8-12(10-14(16)17)23(20,21)18(2)3/h4-10,17H,1-3H3/t17-/m0/s1. The summed E-state index contributed by atoms with van der Waals surface area (Å²) in [6.07, 6.45) is 0.